The summed E-state index contributed by atoms with van der Waals surface area (Å²) >= 11 is -2.19. The fourth-order valence-corrected chi connectivity index (χ4v) is 5.57. The second-order valence-electron chi connectivity index (χ2n) is 8.16. The molecule has 154 valence electrons. The maximum absolute atomic E-state index is 13.0. The molecule has 0 radical (unpaired) electrons. The SMILES string of the molecule is CCN1CCCC1CNC(=O)c1cc(C(C2CC2)S(=O)[O-])cc2c1OCCC2. The van der Waals surface area contributed by atoms with E-state index in [9.17, 15) is 13.6 Å². The van der Waals surface area contributed by atoms with Crippen LogP contribution in [0.15, 0.2) is 12.1 Å². The molecule has 2 fully saturated rings. The van der Waals surface area contributed by atoms with E-state index in [4.69, 9.17) is 4.74 Å². The van der Waals surface area contributed by atoms with Gasteiger partial charge in [0.05, 0.1) is 12.2 Å². The monoisotopic (exact) mass is 405 g/mol. The summed E-state index contributed by atoms with van der Waals surface area (Å²) in [5, 5.41) is 2.56. The predicted molar refractivity (Wildman–Crippen MR) is 107 cm³/mol. The quantitative estimate of drug-likeness (QED) is 0.705. The van der Waals surface area contributed by atoms with Crippen molar-refractivity contribution in [3.63, 3.8) is 0 Å². The maximum Gasteiger partial charge on any atom is 0.255 e. The number of ether oxygens (including phenoxy) is 1. The van der Waals surface area contributed by atoms with Crippen LogP contribution >= 0.6 is 0 Å². The summed E-state index contributed by atoms with van der Waals surface area (Å²) in [6.45, 7) is 5.44. The van der Waals surface area contributed by atoms with Crippen LogP contribution in [0.2, 0.25) is 0 Å². The van der Waals surface area contributed by atoms with Crippen molar-refractivity contribution in [2.45, 2.75) is 56.7 Å². The van der Waals surface area contributed by atoms with Crippen molar-refractivity contribution in [1.82, 2.24) is 10.2 Å². The number of likely N-dealkylation sites (N-methyl/N-ethyl adjacent to an activating group) is 1. The fraction of sp³-hybridized carbons (Fsp3) is 0.667. The van der Waals surface area contributed by atoms with Crippen molar-refractivity contribution in [2.75, 3.05) is 26.2 Å². The molecule has 4 rings (SSSR count). The van der Waals surface area contributed by atoms with Crippen molar-refractivity contribution in [3.05, 3.63) is 28.8 Å². The average Bonchev–Trinajstić information content (AvgIpc) is 3.41. The van der Waals surface area contributed by atoms with E-state index in [2.05, 4.69) is 17.1 Å². The summed E-state index contributed by atoms with van der Waals surface area (Å²) in [4.78, 5) is 15.4. The number of nitrogens with one attached hydrogen (secondary N) is 1. The second-order valence-corrected chi connectivity index (χ2v) is 9.19. The number of hydrogen-bond donors (Lipinski definition) is 1. The van der Waals surface area contributed by atoms with E-state index >= 15 is 0 Å². The number of carbonyl (C=O) groups is 1. The van der Waals surface area contributed by atoms with Crippen LogP contribution in [0.1, 0.15) is 65.8 Å². The summed E-state index contributed by atoms with van der Waals surface area (Å²) in [5.41, 5.74) is 2.19. The molecule has 2 heterocycles. The molecule has 0 bridgehead atoms. The maximum atomic E-state index is 13.0. The molecule has 0 spiro atoms. The Morgan fingerprint density at radius 1 is 1.36 bits per heavy atom. The van der Waals surface area contributed by atoms with Gasteiger partial charge >= 0.3 is 0 Å². The minimum atomic E-state index is -2.19. The molecular weight excluding hydrogens is 376 g/mol. The molecule has 3 aliphatic rings. The lowest BCUT2D eigenvalue weighted by Gasteiger charge is -2.26. The van der Waals surface area contributed by atoms with Gasteiger partial charge in [0, 0.05) is 17.8 Å². The summed E-state index contributed by atoms with van der Waals surface area (Å²) in [6.07, 6.45) is 5.84. The van der Waals surface area contributed by atoms with Gasteiger partial charge in [0.2, 0.25) is 0 Å². The number of nitrogens with zero attached hydrogens (tertiary/aromatic N) is 1. The zero-order valence-electron chi connectivity index (χ0n) is 16.4. The van der Waals surface area contributed by atoms with Gasteiger partial charge in [-0.05, 0) is 85.8 Å². The molecule has 2 aliphatic heterocycles. The van der Waals surface area contributed by atoms with Crippen LogP contribution in [0.3, 0.4) is 0 Å². The standard InChI is InChI=1S/C21H30N2O4S/c1-2-23-9-3-6-17(23)13-22-21(24)18-12-16(20(28(25)26)14-7-8-14)11-15-5-4-10-27-19(15)18/h11-12,14,17,20H,2-10,13H2,1H3,(H,22,24)(H,25,26)/p-1. The fourth-order valence-electron chi connectivity index (χ4n) is 4.63. The summed E-state index contributed by atoms with van der Waals surface area (Å²) < 4.78 is 29.6. The van der Waals surface area contributed by atoms with E-state index in [1.165, 1.54) is 6.42 Å². The van der Waals surface area contributed by atoms with E-state index < -0.39 is 16.3 Å². The lowest BCUT2D eigenvalue weighted by Crippen LogP contribution is -2.40. The molecule has 1 N–H and O–H groups in total. The van der Waals surface area contributed by atoms with Crippen molar-refractivity contribution >= 4 is 17.0 Å². The Hall–Kier alpha value is -1.44. The van der Waals surface area contributed by atoms with Gasteiger partial charge in [-0.15, -0.1) is 0 Å². The summed E-state index contributed by atoms with van der Waals surface area (Å²) in [6, 6.07) is 4.08. The first-order valence-electron chi connectivity index (χ1n) is 10.5. The largest absolute Gasteiger partial charge is 0.772 e. The molecule has 7 heteroatoms. The number of carbonyl (C=O) groups excluding carboxylic acids is 1. The summed E-state index contributed by atoms with van der Waals surface area (Å²) in [7, 11) is 0. The highest BCUT2D eigenvalue weighted by molar-refractivity contribution is 7.79. The number of hydrogen-bond acceptors (Lipinski definition) is 5. The third-order valence-electron chi connectivity index (χ3n) is 6.26. The molecule has 1 amide bonds. The highest BCUT2D eigenvalue weighted by atomic mass is 32.2. The van der Waals surface area contributed by atoms with Crippen LogP contribution in [-0.2, 0) is 17.5 Å². The van der Waals surface area contributed by atoms with Crippen LogP contribution < -0.4 is 10.1 Å². The Kier molecular flexibility index (Phi) is 6.04. The number of amides is 1. The second kappa shape index (κ2) is 8.51. The first-order valence-corrected chi connectivity index (χ1v) is 11.6. The van der Waals surface area contributed by atoms with E-state index in [1.54, 1.807) is 6.07 Å². The smallest absolute Gasteiger partial charge is 0.255 e. The van der Waals surface area contributed by atoms with Gasteiger partial charge in [0.25, 0.3) is 5.91 Å². The van der Waals surface area contributed by atoms with Gasteiger partial charge in [0.15, 0.2) is 0 Å². The van der Waals surface area contributed by atoms with Crippen molar-refractivity contribution < 1.29 is 18.3 Å². The zero-order valence-corrected chi connectivity index (χ0v) is 17.3. The van der Waals surface area contributed by atoms with Gasteiger partial charge in [0.1, 0.15) is 5.75 Å². The molecule has 1 aliphatic carbocycles. The molecule has 0 aromatic heterocycles. The average molecular weight is 406 g/mol. The third kappa shape index (κ3) is 4.11. The highest BCUT2D eigenvalue weighted by Crippen LogP contribution is 2.45. The van der Waals surface area contributed by atoms with Crippen LogP contribution in [0.25, 0.3) is 0 Å². The molecule has 1 saturated carbocycles. The number of fused-ring (bicyclic) bond motifs is 1. The molecule has 3 unspecified atom stereocenters. The summed E-state index contributed by atoms with van der Waals surface area (Å²) in [5.74, 6) is 0.653. The Morgan fingerprint density at radius 2 is 2.18 bits per heavy atom. The van der Waals surface area contributed by atoms with E-state index in [0.717, 1.165) is 56.3 Å². The van der Waals surface area contributed by atoms with E-state index in [0.29, 0.717) is 30.5 Å². The first kappa shape index (κ1) is 19.9. The van der Waals surface area contributed by atoms with Crippen molar-refractivity contribution in [3.8, 4) is 5.75 Å². The number of benzene rings is 1. The van der Waals surface area contributed by atoms with Crippen LogP contribution in [-0.4, -0.2) is 51.9 Å². The lowest BCUT2D eigenvalue weighted by molar-refractivity contribution is 0.0936. The third-order valence-corrected chi connectivity index (χ3v) is 7.33. The van der Waals surface area contributed by atoms with Gasteiger partial charge in [-0.2, -0.15) is 0 Å². The molecule has 1 aromatic carbocycles. The van der Waals surface area contributed by atoms with Crippen molar-refractivity contribution in [2.24, 2.45) is 5.92 Å². The number of rotatable bonds is 7. The Labute approximate surface area is 169 Å². The van der Waals surface area contributed by atoms with E-state index in [-0.39, 0.29) is 11.8 Å². The number of aryl methyl sites for hydroxylation is 1. The van der Waals surface area contributed by atoms with E-state index in [1.807, 2.05) is 6.07 Å². The zero-order chi connectivity index (χ0) is 19.7. The lowest BCUT2D eigenvalue weighted by atomic mass is 9.95. The molecule has 1 aromatic rings. The van der Waals surface area contributed by atoms with Gasteiger partial charge < -0.3 is 14.6 Å². The molecule has 28 heavy (non-hydrogen) atoms. The highest BCUT2D eigenvalue weighted by Gasteiger charge is 2.35. The van der Waals surface area contributed by atoms with Crippen LogP contribution in [0.5, 0.6) is 5.75 Å². The topological polar surface area (TPSA) is 81.7 Å². The van der Waals surface area contributed by atoms with Crippen LogP contribution in [0.4, 0.5) is 0 Å². The van der Waals surface area contributed by atoms with Crippen molar-refractivity contribution in [1.29, 1.82) is 0 Å². The number of likely N-dealkylation sites (tertiary alicyclic amines) is 1. The van der Waals surface area contributed by atoms with Gasteiger partial charge in [-0.1, -0.05) is 13.0 Å². The Bertz CT molecular complexity index is 765. The minimum absolute atomic E-state index is 0.158. The molecule has 3 atom stereocenters. The molecule has 1 saturated heterocycles. The predicted octanol–water partition coefficient (Wildman–Crippen LogP) is 2.56. The van der Waals surface area contributed by atoms with Crippen LogP contribution in [0, 0.1) is 5.92 Å². The first-order chi connectivity index (χ1) is 13.6. The van der Waals surface area contributed by atoms with Gasteiger partial charge in [-0.25, -0.2) is 0 Å². The molecule has 6 nitrogen and oxygen atoms in total. The molecular formula is C21H29N2O4S-. The Balaban J connectivity index is 1.58. The minimum Gasteiger partial charge on any atom is -0.772 e. The Morgan fingerprint density at radius 3 is 2.89 bits per heavy atom. The normalized spacial score (nSPS) is 24.3. The van der Waals surface area contributed by atoms with Gasteiger partial charge in [-0.3, -0.25) is 13.9 Å².